The van der Waals surface area contributed by atoms with Crippen molar-refractivity contribution in [2.45, 2.75) is 25.4 Å². The van der Waals surface area contributed by atoms with E-state index in [0.717, 1.165) is 17.8 Å². The van der Waals surface area contributed by atoms with E-state index in [1.807, 2.05) is 29.2 Å². The van der Waals surface area contributed by atoms with Crippen LogP contribution in [0.15, 0.2) is 24.3 Å². The molecule has 0 saturated carbocycles. The van der Waals surface area contributed by atoms with Gasteiger partial charge in [-0.1, -0.05) is 12.1 Å². The van der Waals surface area contributed by atoms with E-state index in [0.29, 0.717) is 6.42 Å². The maximum atomic E-state index is 11.7. The molecule has 1 saturated heterocycles. The van der Waals surface area contributed by atoms with Gasteiger partial charge in [-0.05, 0) is 25.5 Å². The van der Waals surface area contributed by atoms with Gasteiger partial charge in [0.1, 0.15) is 5.66 Å². The van der Waals surface area contributed by atoms with Crippen molar-refractivity contribution in [3.63, 3.8) is 0 Å². The van der Waals surface area contributed by atoms with Gasteiger partial charge < -0.3 is 5.32 Å². The number of carbonyl (C=O) groups excluding carboxylic acids is 1. The van der Waals surface area contributed by atoms with Crippen LogP contribution in [0.4, 0.5) is 11.4 Å². The normalized spacial score (nSPS) is 28.6. The summed E-state index contributed by atoms with van der Waals surface area (Å²) >= 11 is 0. The van der Waals surface area contributed by atoms with Crippen molar-refractivity contribution in [3.05, 3.63) is 24.3 Å². The lowest BCUT2D eigenvalue weighted by Gasteiger charge is -2.27. The molecule has 0 aromatic heterocycles. The van der Waals surface area contributed by atoms with Crippen LogP contribution in [-0.4, -0.2) is 11.6 Å². The Bertz CT molecular complexity index is 416. The highest BCUT2D eigenvalue weighted by atomic mass is 16.2. The second-order valence-corrected chi connectivity index (χ2v) is 4.15. The third-order valence-electron chi connectivity index (χ3n) is 3.12. The molecule has 0 bridgehead atoms. The number of benzene rings is 1. The topological polar surface area (TPSA) is 32.3 Å². The van der Waals surface area contributed by atoms with Crippen molar-refractivity contribution >= 4 is 17.3 Å². The van der Waals surface area contributed by atoms with E-state index in [9.17, 15) is 4.79 Å². The van der Waals surface area contributed by atoms with E-state index in [2.05, 4.69) is 12.2 Å². The van der Waals surface area contributed by atoms with Crippen molar-refractivity contribution in [2.75, 3.05) is 10.2 Å². The lowest BCUT2D eigenvalue weighted by molar-refractivity contribution is -0.117. The number of fused-ring (bicyclic) bond motifs is 3. The van der Waals surface area contributed by atoms with Gasteiger partial charge in [0, 0.05) is 6.42 Å². The molecule has 1 aromatic rings. The van der Waals surface area contributed by atoms with Gasteiger partial charge in [-0.25, -0.2) is 0 Å². The molecule has 1 amide bonds. The van der Waals surface area contributed by atoms with Crippen molar-refractivity contribution in [2.24, 2.45) is 0 Å². The second-order valence-electron chi connectivity index (χ2n) is 4.15. The number of nitrogens with one attached hydrogen (secondary N) is 1. The summed E-state index contributed by atoms with van der Waals surface area (Å²) in [5.74, 6) is 0.227. The third kappa shape index (κ3) is 0.794. The number of rotatable bonds is 0. The van der Waals surface area contributed by atoms with Gasteiger partial charge in [0.15, 0.2) is 0 Å². The van der Waals surface area contributed by atoms with Gasteiger partial charge in [0.05, 0.1) is 11.4 Å². The Hall–Kier alpha value is -1.51. The number of hydrogen-bond donors (Lipinski definition) is 1. The number of carbonyl (C=O) groups is 1. The lowest BCUT2D eigenvalue weighted by atomic mass is 10.1. The fourth-order valence-corrected chi connectivity index (χ4v) is 2.43. The first-order valence-electron chi connectivity index (χ1n) is 4.91. The van der Waals surface area contributed by atoms with Crippen LogP contribution in [0.25, 0.3) is 0 Å². The molecular formula is C11H12N2O. The number of nitrogens with zero attached hydrogens (tertiary/aromatic N) is 1. The van der Waals surface area contributed by atoms with Crippen LogP contribution in [0.5, 0.6) is 0 Å². The summed E-state index contributed by atoms with van der Waals surface area (Å²) in [6.45, 7) is 2.08. The minimum absolute atomic E-state index is 0.180. The van der Waals surface area contributed by atoms with Gasteiger partial charge >= 0.3 is 0 Å². The van der Waals surface area contributed by atoms with Crippen LogP contribution in [0.3, 0.4) is 0 Å². The first-order valence-corrected chi connectivity index (χ1v) is 4.91. The van der Waals surface area contributed by atoms with Crippen molar-refractivity contribution < 1.29 is 4.79 Å². The molecule has 2 aliphatic rings. The molecule has 1 N–H and O–H groups in total. The standard InChI is InChI=1S/C11H12N2O/c1-11-7-6-10(14)13(11)9-5-3-2-4-8(9)12-11/h2-5,12H,6-7H2,1H3/t11-/m0/s1. The number of para-hydroxylation sites is 2. The molecule has 0 radical (unpaired) electrons. The second kappa shape index (κ2) is 2.29. The average molecular weight is 188 g/mol. The van der Waals surface area contributed by atoms with Crippen molar-refractivity contribution in [1.82, 2.24) is 0 Å². The molecule has 1 atom stereocenters. The highest BCUT2D eigenvalue weighted by Crippen LogP contribution is 2.45. The van der Waals surface area contributed by atoms with Crippen molar-refractivity contribution in [3.8, 4) is 0 Å². The Labute approximate surface area is 82.7 Å². The van der Waals surface area contributed by atoms with Gasteiger partial charge in [0.2, 0.25) is 5.91 Å². The lowest BCUT2D eigenvalue weighted by Crippen LogP contribution is -2.44. The van der Waals surface area contributed by atoms with E-state index < -0.39 is 0 Å². The number of amides is 1. The van der Waals surface area contributed by atoms with Crippen molar-refractivity contribution in [1.29, 1.82) is 0 Å². The van der Waals surface area contributed by atoms with Gasteiger partial charge in [-0.2, -0.15) is 0 Å². The highest BCUT2D eigenvalue weighted by molar-refractivity contribution is 6.03. The molecule has 0 unspecified atom stereocenters. The summed E-state index contributed by atoms with van der Waals surface area (Å²) in [4.78, 5) is 13.6. The van der Waals surface area contributed by atoms with Gasteiger partial charge in [-0.3, -0.25) is 9.69 Å². The molecule has 3 rings (SSSR count). The zero-order chi connectivity index (χ0) is 9.76. The highest BCUT2D eigenvalue weighted by Gasteiger charge is 2.47. The van der Waals surface area contributed by atoms with E-state index in [-0.39, 0.29) is 11.6 Å². The number of anilines is 2. The van der Waals surface area contributed by atoms with Crippen LogP contribution in [0.2, 0.25) is 0 Å². The molecule has 72 valence electrons. The molecule has 3 nitrogen and oxygen atoms in total. The van der Waals surface area contributed by atoms with Crippen LogP contribution in [0.1, 0.15) is 19.8 Å². The SMILES string of the molecule is C[C@@]12CCC(=O)N1c1ccccc1N2. The summed E-state index contributed by atoms with van der Waals surface area (Å²) in [6.07, 6.45) is 1.54. The molecule has 2 aliphatic heterocycles. The van der Waals surface area contributed by atoms with E-state index in [4.69, 9.17) is 0 Å². The molecule has 1 fully saturated rings. The van der Waals surface area contributed by atoms with Crippen LogP contribution in [-0.2, 0) is 4.79 Å². The molecule has 3 heteroatoms. The Morgan fingerprint density at radius 2 is 2.21 bits per heavy atom. The molecule has 2 heterocycles. The molecule has 0 spiro atoms. The predicted octanol–water partition coefficient (Wildman–Crippen LogP) is 1.96. The quantitative estimate of drug-likeness (QED) is 0.675. The van der Waals surface area contributed by atoms with Crippen LogP contribution in [0, 0.1) is 0 Å². The summed E-state index contributed by atoms with van der Waals surface area (Å²) in [6, 6.07) is 7.97. The minimum Gasteiger partial charge on any atom is -0.361 e. The Morgan fingerprint density at radius 3 is 3.07 bits per heavy atom. The molecule has 0 aliphatic carbocycles. The first kappa shape index (κ1) is 7.85. The fourth-order valence-electron chi connectivity index (χ4n) is 2.43. The molecular weight excluding hydrogens is 176 g/mol. The Kier molecular flexibility index (Phi) is 1.29. The van der Waals surface area contributed by atoms with Crippen LogP contribution >= 0.6 is 0 Å². The average Bonchev–Trinajstić information content (AvgIpc) is 2.60. The van der Waals surface area contributed by atoms with Gasteiger partial charge in [0.25, 0.3) is 0 Å². The largest absolute Gasteiger partial charge is 0.361 e. The zero-order valence-electron chi connectivity index (χ0n) is 8.08. The summed E-state index contributed by atoms with van der Waals surface area (Å²) < 4.78 is 0. The molecule has 1 aromatic carbocycles. The minimum atomic E-state index is -0.180. The predicted molar refractivity (Wildman–Crippen MR) is 55.2 cm³/mol. The maximum absolute atomic E-state index is 11.7. The Morgan fingerprint density at radius 1 is 1.43 bits per heavy atom. The smallest absolute Gasteiger partial charge is 0.229 e. The zero-order valence-corrected chi connectivity index (χ0v) is 8.08. The Balaban J connectivity index is 2.18. The maximum Gasteiger partial charge on any atom is 0.229 e. The van der Waals surface area contributed by atoms with Gasteiger partial charge in [-0.15, -0.1) is 0 Å². The molecule has 14 heavy (non-hydrogen) atoms. The fraction of sp³-hybridized carbons (Fsp3) is 0.364. The first-order chi connectivity index (χ1) is 6.71. The monoisotopic (exact) mass is 188 g/mol. The van der Waals surface area contributed by atoms with E-state index >= 15 is 0 Å². The third-order valence-corrected chi connectivity index (χ3v) is 3.12. The van der Waals surface area contributed by atoms with E-state index in [1.54, 1.807) is 0 Å². The van der Waals surface area contributed by atoms with E-state index in [1.165, 1.54) is 0 Å². The summed E-state index contributed by atoms with van der Waals surface area (Å²) in [5, 5.41) is 3.41. The summed E-state index contributed by atoms with van der Waals surface area (Å²) in [5.41, 5.74) is 1.92. The summed E-state index contributed by atoms with van der Waals surface area (Å²) in [7, 11) is 0. The number of hydrogen-bond acceptors (Lipinski definition) is 2. The van der Waals surface area contributed by atoms with Crippen LogP contribution < -0.4 is 10.2 Å².